The van der Waals surface area contributed by atoms with Crippen molar-refractivity contribution in [2.24, 2.45) is 0 Å². The summed E-state index contributed by atoms with van der Waals surface area (Å²) in [5.41, 5.74) is 4.32. The van der Waals surface area contributed by atoms with Gasteiger partial charge in [0.1, 0.15) is 6.61 Å². The molecule has 0 bridgehead atoms. The molecule has 1 aliphatic rings. The van der Waals surface area contributed by atoms with Crippen LogP contribution in [0, 0.1) is 0 Å². The summed E-state index contributed by atoms with van der Waals surface area (Å²) < 4.78 is 12.5. The molecule has 1 fully saturated rings. The van der Waals surface area contributed by atoms with E-state index in [0.717, 1.165) is 37.1 Å². The van der Waals surface area contributed by atoms with Crippen LogP contribution in [0.4, 0.5) is 0 Å². The third-order valence-electron chi connectivity index (χ3n) is 5.71. The number of methoxy groups -OCH3 is 1. The van der Waals surface area contributed by atoms with Crippen LogP contribution in [0.15, 0.2) is 53.4 Å². The topological polar surface area (TPSA) is 64.5 Å². The first-order valence-electron chi connectivity index (χ1n) is 10.5. The second-order valence-corrected chi connectivity index (χ2v) is 9.50. The fourth-order valence-corrected chi connectivity index (χ4v) is 5.64. The van der Waals surface area contributed by atoms with Gasteiger partial charge in [-0.05, 0) is 43.2 Å². The molecule has 0 spiro atoms. The molecule has 0 unspecified atom stereocenters. The molecule has 0 radical (unpaired) electrons. The van der Waals surface area contributed by atoms with Crippen LogP contribution in [0.1, 0.15) is 39.8 Å². The van der Waals surface area contributed by atoms with Gasteiger partial charge in [-0.2, -0.15) is 0 Å². The Morgan fingerprint density at radius 2 is 2.00 bits per heavy atom. The molecule has 6 nitrogen and oxygen atoms in total. The standard InChI is InChI=1S/C24H23N3O3S2/c1-29-21-12-17(6-7-20(21)30-13-18-14-31-15-25-18)24(28)27-10-8-16(9-11-27)23-26-19-4-2-3-5-22(19)32-23/h2-7,12,14-16H,8-11,13H2,1H3. The van der Waals surface area contributed by atoms with Gasteiger partial charge in [-0.15, -0.1) is 22.7 Å². The second-order valence-electron chi connectivity index (χ2n) is 7.72. The van der Waals surface area contributed by atoms with Gasteiger partial charge >= 0.3 is 0 Å². The summed E-state index contributed by atoms with van der Waals surface area (Å²) in [5, 5.41) is 3.13. The Morgan fingerprint density at radius 1 is 1.16 bits per heavy atom. The van der Waals surface area contributed by atoms with Gasteiger partial charge in [-0.25, -0.2) is 9.97 Å². The van der Waals surface area contributed by atoms with E-state index in [1.54, 1.807) is 42.2 Å². The smallest absolute Gasteiger partial charge is 0.253 e. The van der Waals surface area contributed by atoms with Gasteiger partial charge in [-0.1, -0.05) is 12.1 Å². The average molecular weight is 466 g/mol. The van der Waals surface area contributed by atoms with Crippen LogP contribution in [0.3, 0.4) is 0 Å². The first kappa shape index (κ1) is 20.9. The van der Waals surface area contributed by atoms with E-state index in [1.165, 1.54) is 21.0 Å². The lowest BCUT2D eigenvalue weighted by Gasteiger charge is -2.31. The Labute approximate surface area is 194 Å². The number of fused-ring (bicyclic) bond motifs is 1. The van der Waals surface area contributed by atoms with Crippen LogP contribution in [-0.2, 0) is 6.61 Å². The molecule has 8 heteroatoms. The Hall–Kier alpha value is -2.97. The number of carbonyl (C=O) groups excluding carboxylic acids is 1. The third kappa shape index (κ3) is 4.33. The van der Waals surface area contributed by atoms with Gasteiger partial charge < -0.3 is 14.4 Å². The zero-order chi connectivity index (χ0) is 21.9. The molecule has 0 saturated carbocycles. The van der Waals surface area contributed by atoms with Crippen molar-refractivity contribution in [1.82, 2.24) is 14.9 Å². The summed E-state index contributed by atoms with van der Waals surface area (Å²) in [6.45, 7) is 1.82. The first-order valence-corrected chi connectivity index (χ1v) is 12.3. The lowest BCUT2D eigenvalue weighted by atomic mass is 9.97. The molecule has 0 atom stereocenters. The maximum atomic E-state index is 13.1. The number of nitrogens with zero attached hydrogens (tertiary/aromatic N) is 3. The van der Waals surface area contributed by atoms with Crippen LogP contribution < -0.4 is 9.47 Å². The summed E-state index contributed by atoms with van der Waals surface area (Å²) in [6, 6.07) is 13.6. The molecule has 5 rings (SSSR count). The molecule has 1 aliphatic heterocycles. The minimum atomic E-state index is 0.0251. The first-order chi connectivity index (χ1) is 15.7. The van der Waals surface area contributed by atoms with Gasteiger partial charge in [-0.3, -0.25) is 4.79 Å². The van der Waals surface area contributed by atoms with Crippen LogP contribution in [0.25, 0.3) is 10.2 Å². The van der Waals surface area contributed by atoms with Crippen molar-refractivity contribution in [3.05, 3.63) is 69.6 Å². The fourth-order valence-electron chi connectivity index (χ4n) is 3.96. The SMILES string of the molecule is COc1cc(C(=O)N2CCC(c3nc4ccccc4s3)CC2)ccc1OCc1cscn1. The maximum Gasteiger partial charge on any atom is 0.253 e. The molecule has 0 aliphatic carbocycles. The van der Waals surface area contributed by atoms with E-state index in [2.05, 4.69) is 23.2 Å². The minimum Gasteiger partial charge on any atom is -0.493 e. The minimum absolute atomic E-state index is 0.0251. The molecule has 4 aromatic rings. The summed E-state index contributed by atoms with van der Waals surface area (Å²) >= 11 is 3.30. The summed E-state index contributed by atoms with van der Waals surface area (Å²) in [5.74, 6) is 1.59. The van der Waals surface area contributed by atoms with Crippen molar-refractivity contribution in [3.8, 4) is 11.5 Å². The van der Waals surface area contributed by atoms with Crippen molar-refractivity contribution in [1.29, 1.82) is 0 Å². The van der Waals surface area contributed by atoms with Crippen molar-refractivity contribution in [2.75, 3.05) is 20.2 Å². The van der Waals surface area contributed by atoms with E-state index in [1.807, 2.05) is 16.3 Å². The Bertz CT molecular complexity index is 1180. The highest BCUT2D eigenvalue weighted by atomic mass is 32.1. The highest BCUT2D eigenvalue weighted by molar-refractivity contribution is 7.18. The maximum absolute atomic E-state index is 13.1. The van der Waals surface area contributed by atoms with Gasteiger partial charge in [0, 0.05) is 30.0 Å². The van der Waals surface area contributed by atoms with Crippen LogP contribution in [0.5, 0.6) is 11.5 Å². The van der Waals surface area contributed by atoms with E-state index in [0.29, 0.717) is 29.6 Å². The number of amides is 1. The van der Waals surface area contributed by atoms with Gasteiger partial charge in [0.05, 0.1) is 33.5 Å². The Balaban J connectivity index is 1.23. The van der Waals surface area contributed by atoms with Crippen LogP contribution in [0.2, 0.25) is 0 Å². The quantitative estimate of drug-likeness (QED) is 0.384. The number of thiazole rings is 2. The van der Waals surface area contributed by atoms with Crippen LogP contribution in [-0.4, -0.2) is 41.0 Å². The van der Waals surface area contributed by atoms with E-state index in [9.17, 15) is 4.79 Å². The number of aromatic nitrogens is 2. The summed E-state index contributed by atoms with van der Waals surface area (Å²) in [4.78, 5) is 24.1. The van der Waals surface area contributed by atoms with Crippen molar-refractivity contribution < 1.29 is 14.3 Å². The molecule has 164 valence electrons. The predicted molar refractivity (Wildman–Crippen MR) is 127 cm³/mol. The normalized spacial score (nSPS) is 14.6. The Kier molecular flexibility index (Phi) is 6.05. The van der Waals surface area contributed by atoms with Crippen LogP contribution >= 0.6 is 22.7 Å². The summed E-state index contributed by atoms with van der Waals surface area (Å²) in [6.07, 6.45) is 1.86. The molecule has 32 heavy (non-hydrogen) atoms. The predicted octanol–water partition coefficient (Wildman–Crippen LogP) is 5.36. The third-order valence-corrected chi connectivity index (χ3v) is 7.55. The van der Waals surface area contributed by atoms with Gasteiger partial charge in [0.2, 0.25) is 0 Å². The van der Waals surface area contributed by atoms with Crippen molar-refractivity contribution in [3.63, 3.8) is 0 Å². The monoisotopic (exact) mass is 465 g/mol. The second kappa shape index (κ2) is 9.26. The molecular formula is C24H23N3O3S2. The zero-order valence-electron chi connectivity index (χ0n) is 17.7. The molecule has 1 amide bonds. The number of carbonyl (C=O) groups is 1. The number of likely N-dealkylation sites (tertiary alicyclic amines) is 1. The number of benzene rings is 2. The average Bonchev–Trinajstić information content (AvgIpc) is 3.52. The number of hydrogen-bond donors (Lipinski definition) is 0. The van der Waals surface area contributed by atoms with E-state index in [-0.39, 0.29) is 5.91 Å². The van der Waals surface area contributed by atoms with E-state index >= 15 is 0 Å². The lowest BCUT2D eigenvalue weighted by Crippen LogP contribution is -2.37. The van der Waals surface area contributed by atoms with E-state index < -0.39 is 0 Å². The van der Waals surface area contributed by atoms with Crippen molar-refractivity contribution in [2.45, 2.75) is 25.4 Å². The summed E-state index contributed by atoms with van der Waals surface area (Å²) in [7, 11) is 1.59. The highest BCUT2D eigenvalue weighted by Crippen LogP contribution is 2.35. The number of piperidine rings is 1. The fraction of sp³-hybridized carbons (Fsp3) is 0.292. The van der Waals surface area contributed by atoms with Crippen molar-refractivity contribution >= 4 is 38.8 Å². The number of para-hydroxylation sites is 1. The molecule has 1 saturated heterocycles. The van der Waals surface area contributed by atoms with Gasteiger partial charge in [0.25, 0.3) is 5.91 Å². The molecule has 3 heterocycles. The molecular weight excluding hydrogens is 442 g/mol. The van der Waals surface area contributed by atoms with E-state index in [4.69, 9.17) is 14.5 Å². The molecule has 2 aromatic heterocycles. The highest BCUT2D eigenvalue weighted by Gasteiger charge is 2.27. The number of rotatable bonds is 6. The molecule has 2 aromatic carbocycles. The zero-order valence-corrected chi connectivity index (χ0v) is 19.3. The van der Waals surface area contributed by atoms with Gasteiger partial charge in [0.15, 0.2) is 11.5 Å². The Morgan fingerprint density at radius 3 is 2.75 bits per heavy atom. The number of ether oxygens (including phenoxy) is 2. The lowest BCUT2D eigenvalue weighted by molar-refractivity contribution is 0.0712. The largest absolute Gasteiger partial charge is 0.493 e. The molecule has 0 N–H and O–H groups in total. The number of hydrogen-bond acceptors (Lipinski definition) is 7.